The minimum atomic E-state index is -0.970. The summed E-state index contributed by atoms with van der Waals surface area (Å²) in [6.07, 6.45) is 3.29. The SMILES string of the molecule is Cc1nn(C)c(C)c1-c1cc2c(-c3cn(CC(C)(C)O)nc3-c3ccc(F)cc3)ncnc2o1. The van der Waals surface area contributed by atoms with Gasteiger partial charge in [-0.15, -0.1) is 0 Å². The second kappa shape index (κ2) is 7.88. The van der Waals surface area contributed by atoms with E-state index in [0.29, 0.717) is 22.9 Å². The molecule has 0 amide bonds. The second-order valence-electron chi connectivity index (χ2n) is 9.13. The fraction of sp³-hybridized carbons (Fsp3) is 0.280. The summed E-state index contributed by atoms with van der Waals surface area (Å²) in [5.74, 6) is 0.333. The molecule has 174 valence electrons. The smallest absolute Gasteiger partial charge is 0.230 e. The van der Waals surface area contributed by atoms with E-state index in [4.69, 9.17) is 9.52 Å². The Hall–Kier alpha value is -3.85. The quantitative estimate of drug-likeness (QED) is 0.409. The van der Waals surface area contributed by atoms with Gasteiger partial charge < -0.3 is 9.52 Å². The van der Waals surface area contributed by atoms with Gasteiger partial charge in [0.2, 0.25) is 5.71 Å². The molecule has 0 unspecified atom stereocenters. The zero-order valence-corrected chi connectivity index (χ0v) is 19.7. The number of furan rings is 1. The van der Waals surface area contributed by atoms with Crippen molar-refractivity contribution in [1.29, 1.82) is 0 Å². The van der Waals surface area contributed by atoms with Crippen LogP contribution in [0.3, 0.4) is 0 Å². The minimum absolute atomic E-state index is 0.278. The number of aromatic nitrogens is 6. The van der Waals surface area contributed by atoms with Crippen LogP contribution in [-0.4, -0.2) is 40.2 Å². The van der Waals surface area contributed by atoms with Crippen molar-refractivity contribution in [3.63, 3.8) is 0 Å². The number of aryl methyl sites for hydroxylation is 2. The number of fused-ring (bicyclic) bond motifs is 1. The highest BCUT2D eigenvalue weighted by molar-refractivity contribution is 5.96. The van der Waals surface area contributed by atoms with Crippen LogP contribution in [-0.2, 0) is 13.6 Å². The first-order valence-corrected chi connectivity index (χ1v) is 10.9. The van der Waals surface area contributed by atoms with Crippen LogP contribution in [0.4, 0.5) is 4.39 Å². The van der Waals surface area contributed by atoms with E-state index in [1.54, 1.807) is 30.7 Å². The van der Waals surface area contributed by atoms with Gasteiger partial charge in [-0.2, -0.15) is 10.2 Å². The molecule has 5 rings (SSSR count). The van der Waals surface area contributed by atoms with E-state index < -0.39 is 5.60 Å². The molecule has 0 spiro atoms. The Labute approximate surface area is 195 Å². The number of nitrogens with zero attached hydrogens (tertiary/aromatic N) is 6. The maximum Gasteiger partial charge on any atom is 0.230 e. The van der Waals surface area contributed by atoms with Crippen LogP contribution in [0.1, 0.15) is 25.2 Å². The molecule has 0 saturated carbocycles. The molecule has 9 heteroatoms. The lowest BCUT2D eigenvalue weighted by Gasteiger charge is -2.16. The highest BCUT2D eigenvalue weighted by atomic mass is 19.1. The van der Waals surface area contributed by atoms with Crippen molar-refractivity contribution in [2.24, 2.45) is 7.05 Å². The number of aliphatic hydroxyl groups is 1. The molecule has 4 heterocycles. The number of hydrogen-bond donors (Lipinski definition) is 1. The van der Waals surface area contributed by atoms with E-state index in [-0.39, 0.29) is 12.4 Å². The molecule has 0 saturated heterocycles. The normalized spacial score (nSPS) is 12.1. The molecule has 8 nitrogen and oxygen atoms in total. The summed E-state index contributed by atoms with van der Waals surface area (Å²) in [4.78, 5) is 8.90. The monoisotopic (exact) mass is 460 g/mol. The molecule has 0 atom stereocenters. The summed E-state index contributed by atoms with van der Waals surface area (Å²) in [6, 6.07) is 8.07. The van der Waals surface area contributed by atoms with E-state index in [9.17, 15) is 9.50 Å². The maximum absolute atomic E-state index is 13.6. The molecule has 1 aromatic carbocycles. The lowest BCUT2D eigenvalue weighted by molar-refractivity contribution is 0.0578. The average molecular weight is 461 g/mol. The maximum atomic E-state index is 13.6. The van der Waals surface area contributed by atoms with Crippen LogP contribution in [0.5, 0.6) is 0 Å². The Morgan fingerprint density at radius 3 is 2.44 bits per heavy atom. The van der Waals surface area contributed by atoms with Gasteiger partial charge in [-0.3, -0.25) is 9.36 Å². The molecule has 0 fully saturated rings. The van der Waals surface area contributed by atoms with Crippen molar-refractivity contribution in [3.8, 4) is 33.8 Å². The molecule has 1 N–H and O–H groups in total. The van der Waals surface area contributed by atoms with Crippen LogP contribution < -0.4 is 0 Å². The van der Waals surface area contributed by atoms with Crippen LogP contribution in [0.2, 0.25) is 0 Å². The Kier molecular flexibility index (Phi) is 5.09. The lowest BCUT2D eigenvalue weighted by Crippen LogP contribution is -2.26. The van der Waals surface area contributed by atoms with Gasteiger partial charge in [0.25, 0.3) is 0 Å². The van der Waals surface area contributed by atoms with Crippen molar-refractivity contribution in [2.75, 3.05) is 0 Å². The molecule has 0 aliphatic heterocycles. The number of halogens is 1. The predicted octanol–water partition coefficient (Wildman–Crippen LogP) is 4.68. The Bertz CT molecular complexity index is 1510. The molecular formula is C25H25FN6O2. The van der Waals surface area contributed by atoms with Gasteiger partial charge in [-0.1, -0.05) is 0 Å². The van der Waals surface area contributed by atoms with Gasteiger partial charge in [-0.25, -0.2) is 14.4 Å². The van der Waals surface area contributed by atoms with Gasteiger partial charge in [0.1, 0.15) is 23.6 Å². The topological polar surface area (TPSA) is 94.8 Å². The Morgan fingerprint density at radius 1 is 1.06 bits per heavy atom. The van der Waals surface area contributed by atoms with Crippen LogP contribution in [0.25, 0.3) is 44.9 Å². The summed E-state index contributed by atoms with van der Waals surface area (Å²) < 4.78 is 23.2. The summed E-state index contributed by atoms with van der Waals surface area (Å²) >= 11 is 0. The fourth-order valence-corrected chi connectivity index (χ4v) is 4.22. The van der Waals surface area contributed by atoms with Crippen molar-refractivity contribution in [3.05, 3.63) is 60.1 Å². The van der Waals surface area contributed by atoms with E-state index in [1.807, 2.05) is 37.8 Å². The first-order valence-electron chi connectivity index (χ1n) is 10.9. The van der Waals surface area contributed by atoms with Crippen LogP contribution in [0, 0.1) is 19.7 Å². The molecule has 5 aromatic rings. The summed E-state index contributed by atoms with van der Waals surface area (Å²) in [5, 5.41) is 20.3. The number of benzene rings is 1. The number of rotatable bonds is 5. The summed E-state index contributed by atoms with van der Waals surface area (Å²) in [7, 11) is 1.89. The standard InChI is InChI=1S/C25H25FN6O2/c1-14-21(15(2)31(5)29-14)20-10-18-23(27-13-28-24(18)34-20)19-11-32(12-25(3,4)33)30-22(19)16-6-8-17(26)9-7-16/h6-11,13,33H,12H2,1-5H3. The largest absolute Gasteiger partial charge is 0.437 e. The number of hydrogen-bond acceptors (Lipinski definition) is 6. The predicted molar refractivity (Wildman–Crippen MR) is 126 cm³/mol. The second-order valence-corrected chi connectivity index (χ2v) is 9.13. The zero-order chi connectivity index (χ0) is 24.2. The highest BCUT2D eigenvalue weighted by Gasteiger charge is 2.23. The van der Waals surface area contributed by atoms with Gasteiger partial charge in [0.05, 0.1) is 34.5 Å². The van der Waals surface area contributed by atoms with Crippen molar-refractivity contribution >= 4 is 11.1 Å². The Morgan fingerprint density at radius 2 is 1.79 bits per heavy atom. The fourth-order valence-electron chi connectivity index (χ4n) is 4.22. The molecule has 0 aliphatic rings. The van der Waals surface area contributed by atoms with Crippen LogP contribution in [0.15, 0.2) is 47.3 Å². The first-order chi connectivity index (χ1) is 16.1. The molecule has 4 aromatic heterocycles. The van der Waals surface area contributed by atoms with Gasteiger partial charge in [0.15, 0.2) is 0 Å². The first kappa shape index (κ1) is 22.0. The third kappa shape index (κ3) is 3.88. The minimum Gasteiger partial charge on any atom is -0.437 e. The molecule has 0 radical (unpaired) electrons. The molecule has 34 heavy (non-hydrogen) atoms. The molecule has 0 aliphatic carbocycles. The lowest BCUT2D eigenvalue weighted by atomic mass is 10.0. The van der Waals surface area contributed by atoms with E-state index in [0.717, 1.165) is 33.5 Å². The highest BCUT2D eigenvalue weighted by Crippen LogP contribution is 2.38. The average Bonchev–Trinajstić information content (AvgIpc) is 3.43. The zero-order valence-electron chi connectivity index (χ0n) is 19.7. The van der Waals surface area contributed by atoms with Gasteiger partial charge in [0, 0.05) is 30.1 Å². The molecular weight excluding hydrogens is 435 g/mol. The third-order valence-electron chi connectivity index (χ3n) is 5.77. The van der Waals surface area contributed by atoms with E-state index in [2.05, 4.69) is 15.1 Å². The van der Waals surface area contributed by atoms with Gasteiger partial charge in [-0.05, 0) is 58.0 Å². The van der Waals surface area contributed by atoms with Crippen molar-refractivity contribution < 1.29 is 13.9 Å². The summed E-state index contributed by atoms with van der Waals surface area (Å²) in [6.45, 7) is 7.64. The van der Waals surface area contributed by atoms with Crippen molar-refractivity contribution in [1.82, 2.24) is 29.5 Å². The van der Waals surface area contributed by atoms with E-state index in [1.165, 1.54) is 18.5 Å². The molecule has 0 bridgehead atoms. The summed E-state index contributed by atoms with van der Waals surface area (Å²) in [5.41, 5.74) is 4.97. The van der Waals surface area contributed by atoms with E-state index >= 15 is 0 Å². The third-order valence-corrected chi connectivity index (χ3v) is 5.77. The Balaban J connectivity index is 1.71. The van der Waals surface area contributed by atoms with Crippen LogP contribution >= 0.6 is 0 Å². The van der Waals surface area contributed by atoms with Crippen molar-refractivity contribution in [2.45, 2.75) is 39.8 Å². The van der Waals surface area contributed by atoms with Gasteiger partial charge >= 0.3 is 0 Å².